The second kappa shape index (κ2) is 7.71. The summed E-state index contributed by atoms with van der Waals surface area (Å²) < 4.78 is 66.2. The maximum Gasteiger partial charge on any atom is 0.416 e. The molecule has 0 aliphatic rings. The topological polar surface area (TPSA) is 98.1 Å². The van der Waals surface area contributed by atoms with Gasteiger partial charge in [-0.05, 0) is 59.7 Å². The van der Waals surface area contributed by atoms with Gasteiger partial charge in [-0.15, -0.1) is 0 Å². The maximum absolute atomic E-state index is 12.6. The van der Waals surface area contributed by atoms with Gasteiger partial charge in [-0.25, -0.2) is 18.5 Å². The minimum absolute atomic E-state index is 0.0276. The normalized spacial score (nSPS) is 12.3. The highest BCUT2D eigenvalue weighted by Gasteiger charge is 2.30. The van der Waals surface area contributed by atoms with Crippen LogP contribution in [0.15, 0.2) is 71.6 Å². The van der Waals surface area contributed by atoms with Crippen LogP contribution in [0.25, 0.3) is 22.2 Å². The first-order chi connectivity index (χ1) is 14.6. The van der Waals surface area contributed by atoms with Crippen LogP contribution in [0.2, 0.25) is 0 Å². The van der Waals surface area contributed by atoms with E-state index in [0.717, 1.165) is 28.8 Å². The van der Waals surface area contributed by atoms with Gasteiger partial charge in [0.2, 0.25) is 10.0 Å². The molecule has 160 valence electrons. The second-order valence-electron chi connectivity index (χ2n) is 6.80. The fourth-order valence-electron chi connectivity index (χ4n) is 3.04. The number of fused-ring (bicyclic) bond motifs is 1. The summed E-state index contributed by atoms with van der Waals surface area (Å²) in [6.45, 7) is 0.0540. The molecule has 1 aromatic heterocycles. The number of sulfonamides is 1. The summed E-state index contributed by atoms with van der Waals surface area (Å²) in [5.74, 6) is 0.806. The first kappa shape index (κ1) is 20.9. The number of nitrogens with one attached hydrogen (secondary N) is 1. The lowest BCUT2D eigenvalue weighted by Crippen LogP contribution is -2.11. The van der Waals surface area contributed by atoms with Crippen molar-refractivity contribution in [1.82, 2.24) is 9.97 Å². The predicted octanol–water partition coefficient (Wildman–Crippen LogP) is 4.48. The van der Waals surface area contributed by atoms with Crippen LogP contribution in [0.3, 0.4) is 0 Å². The summed E-state index contributed by atoms with van der Waals surface area (Å²) in [6, 6.07) is 16.1. The summed E-state index contributed by atoms with van der Waals surface area (Å²) in [6.07, 6.45) is -4.39. The lowest BCUT2D eigenvalue weighted by atomic mass is 10.1. The number of primary sulfonamides is 1. The van der Waals surface area contributed by atoms with Crippen molar-refractivity contribution in [3.63, 3.8) is 0 Å². The minimum Gasteiger partial charge on any atom is -0.486 e. The monoisotopic (exact) mass is 447 g/mol. The molecule has 0 radical (unpaired) electrons. The van der Waals surface area contributed by atoms with Crippen LogP contribution in [0.4, 0.5) is 13.2 Å². The number of nitrogens with zero attached hydrogens (tertiary/aromatic N) is 1. The van der Waals surface area contributed by atoms with Gasteiger partial charge in [0.1, 0.15) is 18.2 Å². The number of ether oxygens (including phenoxy) is 1. The van der Waals surface area contributed by atoms with Crippen molar-refractivity contribution in [2.45, 2.75) is 17.7 Å². The van der Waals surface area contributed by atoms with Crippen molar-refractivity contribution in [2.75, 3.05) is 0 Å². The molecule has 0 saturated carbocycles. The molecule has 31 heavy (non-hydrogen) atoms. The number of benzene rings is 3. The lowest BCUT2D eigenvalue weighted by molar-refractivity contribution is -0.137. The number of rotatable bonds is 5. The van der Waals surface area contributed by atoms with Gasteiger partial charge < -0.3 is 9.72 Å². The van der Waals surface area contributed by atoms with Gasteiger partial charge in [0.25, 0.3) is 0 Å². The Morgan fingerprint density at radius 1 is 0.935 bits per heavy atom. The number of H-pyrrole nitrogens is 1. The van der Waals surface area contributed by atoms with Gasteiger partial charge >= 0.3 is 6.18 Å². The number of alkyl halides is 3. The van der Waals surface area contributed by atoms with Crippen molar-refractivity contribution >= 4 is 21.1 Å². The molecule has 4 aromatic rings. The third kappa shape index (κ3) is 4.70. The van der Waals surface area contributed by atoms with Crippen LogP contribution >= 0.6 is 0 Å². The van der Waals surface area contributed by atoms with Crippen molar-refractivity contribution in [3.05, 3.63) is 78.1 Å². The van der Waals surface area contributed by atoms with Gasteiger partial charge in [-0.3, -0.25) is 0 Å². The lowest BCUT2D eigenvalue weighted by Gasteiger charge is -2.08. The van der Waals surface area contributed by atoms with E-state index in [1.54, 1.807) is 12.1 Å². The first-order valence-corrected chi connectivity index (χ1v) is 10.6. The largest absolute Gasteiger partial charge is 0.486 e. The zero-order valence-corrected chi connectivity index (χ0v) is 16.7. The zero-order valence-electron chi connectivity index (χ0n) is 15.8. The molecule has 0 bridgehead atoms. The van der Waals surface area contributed by atoms with E-state index >= 15 is 0 Å². The van der Waals surface area contributed by atoms with Crippen LogP contribution in [0.5, 0.6) is 5.75 Å². The molecular weight excluding hydrogens is 431 g/mol. The molecule has 0 unspecified atom stereocenters. The summed E-state index contributed by atoms with van der Waals surface area (Å²) in [5, 5.41) is 5.12. The van der Waals surface area contributed by atoms with Crippen LogP contribution in [-0.4, -0.2) is 18.4 Å². The Morgan fingerprint density at radius 3 is 2.19 bits per heavy atom. The van der Waals surface area contributed by atoms with E-state index in [-0.39, 0.29) is 11.5 Å². The van der Waals surface area contributed by atoms with Crippen molar-refractivity contribution < 1.29 is 26.3 Å². The third-order valence-corrected chi connectivity index (χ3v) is 5.53. The van der Waals surface area contributed by atoms with Crippen LogP contribution in [0, 0.1) is 0 Å². The summed E-state index contributed by atoms with van der Waals surface area (Å²) in [4.78, 5) is 7.58. The quantitative estimate of drug-likeness (QED) is 0.471. The first-order valence-electron chi connectivity index (χ1n) is 9.01. The van der Waals surface area contributed by atoms with Crippen molar-refractivity contribution in [2.24, 2.45) is 5.14 Å². The Bertz CT molecular complexity index is 1330. The predicted molar refractivity (Wildman–Crippen MR) is 109 cm³/mol. The number of halogens is 3. The van der Waals surface area contributed by atoms with Gasteiger partial charge in [0, 0.05) is 0 Å². The molecule has 0 fully saturated rings. The molecule has 4 rings (SSSR count). The SMILES string of the molecule is NS(=O)(=O)c1ccc(-c2ccc3[nH]c(COc4ccc(C(F)(F)F)cc4)nc3c2)cc1. The summed E-state index contributed by atoms with van der Waals surface area (Å²) >= 11 is 0. The van der Waals surface area contributed by atoms with Crippen molar-refractivity contribution in [1.29, 1.82) is 0 Å². The average Bonchev–Trinajstić information content (AvgIpc) is 3.13. The van der Waals surface area contributed by atoms with E-state index in [1.165, 1.54) is 24.3 Å². The number of nitrogens with two attached hydrogens (primary N) is 1. The second-order valence-corrected chi connectivity index (χ2v) is 8.36. The molecule has 6 nitrogen and oxygen atoms in total. The van der Waals surface area contributed by atoms with E-state index in [9.17, 15) is 21.6 Å². The van der Waals surface area contributed by atoms with E-state index < -0.39 is 21.8 Å². The molecule has 3 N–H and O–H groups in total. The maximum atomic E-state index is 12.6. The molecule has 0 spiro atoms. The minimum atomic E-state index is -4.39. The number of aromatic nitrogens is 2. The van der Waals surface area contributed by atoms with E-state index in [4.69, 9.17) is 9.88 Å². The third-order valence-electron chi connectivity index (χ3n) is 4.61. The average molecular weight is 447 g/mol. The number of aromatic amines is 1. The zero-order chi connectivity index (χ0) is 22.2. The highest BCUT2D eigenvalue weighted by atomic mass is 32.2. The summed E-state index contributed by atoms with van der Waals surface area (Å²) in [5.41, 5.74) is 2.30. The molecule has 0 amide bonds. The molecule has 1 heterocycles. The molecule has 0 saturated heterocycles. The van der Waals surface area contributed by atoms with Gasteiger partial charge in [-0.2, -0.15) is 13.2 Å². The van der Waals surface area contributed by atoms with Gasteiger partial charge in [0.15, 0.2) is 0 Å². The Balaban J connectivity index is 1.50. The molecule has 0 aliphatic carbocycles. The number of imidazole rings is 1. The Kier molecular flexibility index (Phi) is 5.19. The Morgan fingerprint density at radius 2 is 1.58 bits per heavy atom. The van der Waals surface area contributed by atoms with Crippen LogP contribution in [-0.2, 0) is 22.8 Å². The molecule has 0 atom stereocenters. The fraction of sp³-hybridized carbons (Fsp3) is 0.0952. The molecular formula is C21H16F3N3O3S. The Hall–Kier alpha value is -3.37. The highest BCUT2D eigenvalue weighted by Crippen LogP contribution is 2.30. The fourth-order valence-corrected chi connectivity index (χ4v) is 3.55. The Labute approximate surface area is 175 Å². The molecule has 10 heteroatoms. The van der Waals surface area contributed by atoms with E-state index in [1.807, 2.05) is 18.2 Å². The van der Waals surface area contributed by atoms with E-state index in [2.05, 4.69) is 9.97 Å². The van der Waals surface area contributed by atoms with Crippen molar-refractivity contribution in [3.8, 4) is 16.9 Å². The van der Waals surface area contributed by atoms with Crippen LogP contribution < -0.4 is 9.88 Å². The molecule has 3 aromatic carbocycles. The standard InChI is InChI=1S/C21H16F3N3O3S/c22-21(23,24)15-4-6-16(7-5-15)30-12-20-26-18-10-3-14(11-19(18)27-20)13-1-8-17(9-2-13)31(25,28)29/h1-11H,12H2,(H,26,27)(H2,25,28,29). The van der Waals surface area contributed by atoms with Gasteiger partial charge in [-0.1, -0.05) is 18.2 Å². The molecule has 0 aliphatic heterocycles. The van der Waals surface area contributed by atoms with Gasteiger partial charge in [0.05, 0.1) is 21.5 Å². The van der Waals surface area contributed by atoms with E-state index in [0.29, 0.717) is 17.1 Å². The van der Waals surface area contributed by atoms with Crippen LogP contribution in [0.1, 0.15) is 11.4 Å². The smallest absolute Gasteiger partial charge is 0.416 e. The summed E-state index contributed by atoms with van der Waals surface area (Å²) in [7, 11) is -3.76. The highest BCUT2D eigenvalue weighted by molar-refractivity contribution is 7.89. The number of hydrogen-bond acceptors (Lipinski definition) is 4. The number of hydrogen-bond donors (Lipinski definition) is 2.